The predicted octanol–water partition coefficient (Wildman–Crippen LogP) is 1.03. The zero-order chi connectivity index (χ0) is 18.6. The van der Waals surface area contributed by atoms with E-state index in [9.17, 15) is 14.7 Å². The maximum absolute atomic E-state index is 12.8. The van der Waals surface area contributed by atoms with Gasteiger partial charge in [0.2, 0.25) is 5.91 Å². The summed E-state index contributed by atoms with van der Waals surface area (Å²) in [7, 11) is 1.54. The number of aromatic nitrogens is 2. The Morgan fingerprint density at radius 2 is 2.08 bits per heavy atom. The summed E-state index contributed by atoms with van der Waals surface area (Å²) in [5.74, 6) is -0.333. The van der Waals surface area contributed by atoms with E-state index in [1.807, 2.05) is 22.9 Å². The van der Waals surface area contributed by atoms with E-state index >= 15 is 0 Å². The van der Waals surface area contributed by atoms with Crippen LogP contribution >= 0.6 is 0 Å². The molecule has 26 heavy (non-hydrogen) atoms. The number of β-amino-alcohol motifs (C(OH)–C–C–N with tert-alkyl or cyclic N) is 1. The van der Waals surface area contributed by atoms with Gasteiger partial charge in [0.25, 0.3) is 5.91 Å². The van der Waals surface area contributed by atoms with Gasteiger partial charge in [0.15, 0.2) is 0 Å². The van der Waals surface area contributed by atoms with Gasteiger partial charge in [-0.2, -0.15) is 0 Å². The molecule has 1 aliphatic heterocycles. The van der Waals surface area contributed by atoms with E-state index in [0.29, 0.717) is 31.5 Å². The van der Waals surface area contributed by atoms with E-state index in [1.165, 1.54) is 0 Å². The second kappa shape index (κ2) is 7.70. The van der Waals surface area contributed by atoms with Crippen molar-refractivity contribution >= 4 is 11.8 Å². The van der Waals surface area contributed by atoms with Crippen molar-refractivity contribution in [3.8, 4) is 0 Å². The number of hydrogen-bond donors (Lipinski definition) is 2. The van der Waals surface area contributed by atoms with Crippen LogP contribution in [-0.4, -0.2) is 57.1 Å². The van der Waals surface area contributed by atoms with Crippen molar-refractivity contribution in [1.82, 2.24) is 19.8 Å². The number of aliphatic hydroxyl groups is 1. The van der Waals surface area contributed by atoms with Crippen LogP contribution in [0.5, 0.6) is 0 Å². The molecule has 0 aliphatic carbocycles. The average molecular weight is 356 g/mol. The lowest BCUT2D eigenvalue weighted by molar-refractivity contribution is -0.127. The summed E-state index contributed by atoms with van der Waals surface area (Å²) in [4.78, 5) is 30.0. The highest BCUT2D eigenvalue weighted by atomic mass is 16.3. The fourth-order valence-corrected chi connectivity index (χ4v) is 3.34. The van der Waals surface area contributed by atoms with Crippen LogP contribution in [0.1, 0.15) is 35.2 Å². The highest BCUT2D eigenvalue weighted by Gasteiger charge is 2.37. The smallest absolute Gasteiger partial charge is 0.253 e. The van der Waals surface area contributed by atoms with Crippen LogP contribution in [0, 0.1) is 0 Å². The van der Waals surface area contributed by atoms with Crippen LogP contribution < -0.4 is 5.32 Å². The summed E-state index contributed by atoms with van der Waals surface area (Å²) in [6.07, 6.45) is 6.58. The number of nitrogens with one attached hydrogen (secondary N) is 1. The summed E-state index contributed by atoms with van der Waals surface area (Å²) < 4.78 is 1.96. The molecule has 7 nitrogen and oxygen atoms in total. The maximum Gasteiger partial charge on any atom is 0.253 e. The quantitative estimate of drug-likeness (QED) is 0.838. The van der Waals surface area contributed by atoms with Gasteiger partial charge in [0, 0.05) is 38.1 Å². The number of carbonyl (C=O) groups excluding carboxylic acids is 2. The van der Waals surface area contributed by atoms with Gasteiger partial charge in [-0.05, 0) is 30.5 Å². The number of hydrogen-bond acceptors (Lipinski definition) is 4. The van der Waals surface area contributed by atoms with Crippen LogP contribution in [0.3, 0.4) is 0 Å². The summed E-state index contributed by atoms with van der Waals surface area (Å²) in [6, 6.07) is 7.46. The molecule has 1 fully saturated rings. The summed E-state index contributed by atoms with van der Waals surface area (Å²) in [6.45, 7) is 1.46. The Balaban J connectivity index is 1.65. The third-order valence-corrected chi connectivity index (χ3v) is 4.74. The van der Waals surface area contributed by atoms with Gasteiger partial charge in [-0.15, -0.1) is 0 Å². The van der Waals surface area contributed by atoms with E-state index in [0.717, 1.165) is 5.56 Å². The number of imidazole rings is 1. The lowest BCUT2D eigenvalue weighted by Crippen LogP contribution is -2.52. The zero-order valence-electron chi connectivity index (χ0n) is 14.9. The van der Waals surface area contributed by atoms with Gasteiger partial charge < -0.3 is 19.9 Å². The monoisotopic (exact) mass is 356 g/mol. The molecular formula is C19H24N4O3. The fourth-order valence-electron chi connectivity index (χ4n) is 3.34. The van der Waals surface area contributed by atoms with E-state index in [1.54, 1.807) is 36.6 Å². The Morgan fingerprint density at radius 3 is 2.73 bits per heavy atom. The van der Waals surface area contributed by atoms with Crippen LogP contribution in [0.25, 0.3) is 0 Å². The number of nitrogens with zero attached hydrogens (tertiary/aromatic N) is 3. The van der Waals surface area contributed by atoms with Gasteiger partial charge in [0.1, 0.15) is 0 Å². The first kappa shape index (κ1) is 18.1. The normalized spacial score (nSPS) is 20.0. The molecule has 0 bridgehead atoms. The zero-order valence-corrected chi connectivity index (χ0v) is 14.9. The minimum Gasteiger partial charge on any atom is -0.388 e. The summed E-state index contributed by atoms with van der Waals surface area (Å²) in [5, 5.41) is 13.2. The highest BCUT2D eigenvalue weighted by Crippen LogP contribution is 2.25. The largest absolute Gasteiger partial charge is 0.388 e. The SMILES string of the molecule is CNC(=O)CC1(O)CCCN(C(=O)c2ccc(Cn3ccnc3)cc2)C1. The van der Waals surface area contributed by atoms with Crippen LogP contribution in [0.4, 0.5) is 0 Å². The minimum atomic E-state index is -1.16. The molecule has 1 aromatic carbocycles. The van der Waals surface area contributed by atoms with Crippen LogP contribution in [0.15, 0.2) is 43.0 Å². The molecule has 7 heteroatoms. The lowest BCUT2D eigenvalue weighted by Gasteiger charge is -2.38. The van der Waals surface area contributed by atoms with Gasteiger partial charge in [0.05, 0.1) is 24.9 Å². The number of piperidine rings is 1. The van der Waals surface area contributed by atoms with Crippen molar-refractivity contribution < 1.29 is 14.7 Å². The second-order valence-electron chi connectivity index (χ2n) is 6.84. The molecule has 1 saturated heterocycles. The molecule has 0 radical (unpaired) electrons. The number of amides is 2. The third kappa shape index (κ3) is 4.29. The molecule has 1 unspecified atom stereocenters. The van der Waals surface area contributed by atoms with Gasteiger partial charge in [-0.1, -0.05) is 12.1 Å². The summed E-state index contributed by atoms with van der Waals surface area (Å²) >= 11 is 0. The van der Waals surface area contributed by atoms with Crippen LogP contribution in [-0.2, 0) is 11.3 Å². The molecule has 1 aromatic heterocycles. The Morgan fingerprint density at radius 1 is 1.31 bits per heavy atom. The predicted molar refractivity (Wildman–Crippen MR) is 96.5 cm³/mol. The number of rotatable bonds is 5. The maximum atomic E-state index is 12.8. The van der Waals surface area contributed by atoms with Gasteiger partial charge in [-0.25, -0.2) is 4.98 Å². The highest BCUT2D eigenvalue weighted by molar-refractivity contribution is 5.94. The molecule has 2 heterocycles. The molecule has 1 atom stereocenters. The molecule has 2 N–H and O–H groups in total. The summed E-state index contributed by atoms with van der Waals surface area (Å²) in [5.41, 5.74) is 0.507. The van der Waals surface area contributed by atoms with Crippen molar-refractivity contribution in [3.05, 3.63) is 54.1 Å². The minimum absolute atomic E-state index is 0.0110. The molecule has 2 aromatic rings. The van der Waals surface area contributed by atoms with Gasteiger partial charge >= 0.3 is 0 Å². The van der Waals surface area contributed by atoms with E-state index < -0.39 is 5.60 Å². The first-order valence-electron chi connectivity index (χ1n) is 8.76. The Kier molecular flexibility index (Phi) is 5.37. The molecule has 0 saturated carbocycles. The number of carbonyl (C=O) groups is 2. The van der Waals surface area contributed by atoms with Crippen molar-refractivity contribution in [2.45, 2.75) is 31.4 Å². The van der Waals surface area contributed by atoms with Crippen molar-refractivity contribution in [1.29, 1.82) is 0 Å². The second-order valence-corrected chi connectivity index (χ2v) is 6.84. The Labute approximate surface area is 152 Å². The fraction of sp³-hybridized carbons (Fsp3) is 0.421. The lowest BCUT2D eigenvalue weighted by atomic mass is 9.89. The molecule has 3 rings (SSSR count). The Bertz CT molecular complexity index is 758. The topological polar surface area (TPSA) is 87.5 Å². The molecule has 1 aliphatic rings. The molecule has 0 spiro atoms. The van der Waals surface area contributed by atoms with E-state index in [2.05, 4.69) is 10.3 Å². The van der Waals surface area contributed by atoms with Crippen molar-refractivity contribution in [2.24, 2.45) is 0 Å². The molecule has 138 valence electrons. The third-order valence-electron chi connectivity index (χ3n) is 4.74. The molecule has 2 amide bonds. The standard InChI is InChI=1S/C19H24N4O3/c1-20-17(24)11-19(26)7-2-9-23(13-19)18(25)16-5-3-15(4-6-16)12-22-10-8-21-14-22/h3-6,8,10,14,26H,2,7,9,11-13H2,1H3,(H,20,24). The first-order chi connectivity index (χ1) is 12.5. The van der Waals surface area contributed by atoms with Crippen LogP contribution in [0.2, 0.25) is 0 Å². The molecular weight excluding hydrogens is 332 g/mol. The van der Waals surface area contributed by atoms with E-state index in [-0.39, 0.29) is 24.8 Å². The number of benzene rings is 1. The first-order valence-corrected chi connectivity index (χ1v) is 8.76. The number of likely N-dealkylation sites (tertiary alicyclic amines) is 1. The van der Waals surface area contributed by atoms with Gasteiger partial charge in [-0.3, -0.25) is 9.59 Å². The van der Waals surface area contributed by atoms with E-state index in [4.69, 9.17) is 0 Å². The Hall–Kier alpha value is -2.67. The average Bonchev–Trinajstić information content (AvgIpc) is 3.14. The van der Waals surface area contributed by atoms with Crippen molar-refractivity contribution in [3.63, 3.8) is 0 Å². The van der Waals surface area contributed by atoms with Crippen molar-refractivity contribution in [2.75, 3.05) is 20.1 Å².